The number of aliphatic imine (C=N–C) groups is 1. The SMILES string of the molecule is CN=C(NCCNC(=O)c1ccccc1)NCC1(c2cccc(Br)c2)CC1. The highest BCUT2D eigenvalue weighted by atomic mass is 79.9. The van der Waals surface area contributed by atoms with E-state index in [1.54, 1.807) is 19.2 Å². The normalized spacial score (nSPS) is 15.1. The van der Waals surface area contributed by atoms with E-state index in [0.717, 1.165) is 17.0 Å². The Balaban J connectivity index is 1.42. The van der Waals surface area contributed by atoms with Crippen molar-refractivity contribution in [3.8, 4) is 0 Å². The molecule has 0 aliphatic heterocycles. The Morgan fingerprint density at radius 1 is 1.04 bits per heavy atom. The van der Waals surface area contributed by atoms with Crippen LogP contribution in [0.1, 0.15) is 28.8 Å². The van der Waals surface area contributed by atoms with Crippen LogP contribution in [0.15, 0.2) is 64.1 Å². The van der Waals surface area contributed by atoms with Gasteiger partial charge >= 0.3 is 0 Å². The van der Waals surface area contributed by atoms with Gasteiger partial charge in [0.1, 0.15) is 0 Å². The topological polar surface area (TPSA) is 65.5 Å². The lowest BCUT2D eigenvalue weighted by Gasteiger charge is -2.19. The van der Waals surface area contributed by atoms with Crippen LogP contribution >= 0.6 is 15.9 Å². The van der Waals surface area contributed by atoms with Crippen LogP contribution < -0.4 is 16.0 Å². The molecule has 3 rings (SSSR count). The molecule has 0 unspecified atom stereocenters. The van der Waals surface area contributed by atoms with Crippen molar-refractivity contribution in [2.75, 3.05) is 26.7 Å². The molecule has 1 saturated carbocycles. The highest BCUT2D eigenvalue weighted by Crippen LogP contribution is 2.48. The zero-order chi connectivity index (χ0) is 19.1. The molecule has 1 fully saturated rings. The van der Waals surface area contributed by atoms with Gasteiger partial charge in [-0.3, -0.25) is 9.79 Å². The minimum atomic E-state index is -0.0630. The Kier molecular flexibility index (Phi) is 6.50. The number of hydrogen-bond acceptors (Lipinski definition) is 2. The van der Waals surface area contributed by atoms with E-state index in [1.165, 1.54) is 18.4 Å². The average Bonchev–Trinajstić information content (AvgIpc) is 3.49. The van der Waals surface area contributed by atoms with Crippen molar-refractivity contribution in [1.82, 2.24) is 16.0 Å². The second kappa shape index (κ2) is 9.04. The molecule has 2 aromatic rings. The molecule has 0 spiro atoms. The van der Waals surface area contributed by atoms with Crippen LogP contribution in [-0.4, -0.2) is 38.5 Å². The molecule has 0 aromatic heterocycles. The number of rotatable bonds is 7. The summed E-state index contributed by atoms with van der Waals surface area (Å²) >= 11 is 3.56. The molecule has 0 radical (unpaired) electrons. The van der Waals surface area contributed by atoms with Gasteiger partial charge in [0.05, 0.1) is 0 Å². The third-order valence-electron chi connectivity index (χ3n) is 4.85. The van der Waals surface area contributed by atoms with Crippen molar-refractivity contribution >= 4 is 27.8 Å². The lowest BCUT2D eigenvalue weighted by molar-refractivity contribution is 0.0954. The van der Waals surface area contributed by atoms with E-state index in [0.29, 0.717) is 18.7 Å². The predicted octanol–water partition coefficient (Wildman–Crippen LogP) is 3.08. The maximum atomic E-state index is 12.0. The van der Waals surface area contributed by atoms with Gasteiger partial charge in [0, 0.05) is 42.1 Å². The number of guanidine groups is 1. The van der Waals surface area contributed by atoms with Crippen molar-refractivity contribution in [3.63, 3.8) is 0 Å². The number of carbonyl (C=O) groups excluding carboxylic acids is 1. The molecule has 0 bridgehead atoms. The first-order valence-corrected chi connectivity index (χ1v) is 9.96. The van der Waals surface area contributed by atoms with Crippen LogP contribution in [0.3, 0.4) is 0 Å². The highest BCUT2D eigenvalue weighted by Gasteiger charge is 2.44. The number of amides is 1. The first-order chi connectivity index (χ1) is 13.1. The fraction of sp³-hybridized carbons (Fsp3) is 0.333. The average molecular weight is 429 g/mol. The van der Waals surface area contributed by atoms with E-state index >= 15 is 0 Å². The van der Waals surface area contributed by atoms with E-state index < -0.39 is 0 Å². The molecule has 2 aromatic carbocycles. The summed E-state index contributed by atoms with van der Waals surface area (Å²) in [4.78, 5) is 16.3. The molecule has 0 atom stereocenters. The fourth-order valence-electron chi connectivity index (χ4n) is 3.06. The number of hydrogen-bond donors (Lipinski definition) is 3. The van der Waals surface area contributed by atoms with Crippen molar-refractivity contribution in [1.29, 1.82) is 0 Å². The van der Waals surface area contributed by atoms with Gasteiger partial charge in [0.25, 0.3) is 5.91 Å². The third-order valence-corrected chi connectivity index (χ3v) is 5.34. The van der Waals surface area contributed by atoms with Crippen molar-refractivity contribution < 1.29 is 4.79 Å². The van der Waals surface area contributed by atoms with Crippen LogP contribution in [0.2, 0.25) is 0 Å². The summed E-state index contributed by atoms with van der Waals surface area (Å²) in [6.45, 7) is 1.99. The Morgan fingerprint density at radius 2 is 1.78 bits per heavy atom. The first-order valence-electron chi connectivity index (χ1n) is 9.17. The molecule has 0 heterocycles. The minimum Gasteiger partial charge on any atom is -0.356 e. The second-order valence-corrected chi connectivity index (χ2v) is 7.68. The molecule has 142 valence electrons. The maximum absolute atomic E-state index is 12.0. The zero-order valence-electron chi connectivity index (χ0n) is 15.5. The smallest absolute Gasteiger partial charge is 0.251 e. The van der Waals surface area contributed by atoms with Gasteiger partial charge < -0.3 is 16.0 Å². The van der Waals surface area contributed by atoms with E-state index in [9.17, 15) is 4.79 Å². The van der Waals surface area contributed by atoms with Crippen molar-refractivity contribution in [2.24, 2.45) is 4.99 Å². The molecule has 6 heteroatoms. The number of nitrogens with zero attached hydrogens (tertiary/aromatic N) is 1. The summed E-state index contributed by atoms with van der Waals surface area (Å²) in [5.41, 5.74) is 2.22. The standard InChI is InChI=1S/C21H25BrN4O/c1-23-20(25-13-12-24-19(27)16-6-3-2-4-7-16)26-15-21(10-11-21)17-8-5-9-18(22)14-17/h2-9,14H,10-13,15H2,1H3,(H,24,27)(H2,23,25,26). The molecule has 0 saturated heterocycles. The molecule has 1 aliphatic carbocycles. The molecule has 5 nitrogen and oxygen atoms in total. The van der Waals surface area contributed by atoms with Crippen molar-refractivity contribution in [2.45, 2.75) is 18.3 Å². The third kappa shape index (κ3) is 5.32. The number of nitrogens with one attached hydrogen (secondary N) is 3. The Morgan fingerprint density at radius 3 is 2.44 bits per heavy atom. The summed E-state index contributed by atoms with van der Waals surface area (Å²) in [5.74, 6) is 0.692. The Bertz CT molecular complexity index is 803. The second-order valence-electron chi connectivity index (χ2n) is 6.77. The Hall–Kier alpha value is -2.34. The van der Waals surface area contributed by atoms with E-state index in [1.807, 2.05) is 18.2 Å². The van der Waals surface area contributed by atoms with Crippen LogP contribution in [0.5, 0.6) is 0 Å². The summed E-state index contributed by atoms with van der Waals surface area (Å²) in [6, 6.07) is 17.8. The van der Waals surface area contributed by atoms with E-state index in [-0.39, 0.29) is 11.3 Å². The molecule has 1 amide bonds. The maximum Gasteiger partial charge on any atom is 0.251 e. The molecule has 3 N–H and O–H groups in total. The fourth-order valence-corrected chi connectivity index (χ4v) is 3.46. The molecular formula is C21H25BrN4O. The van der Waals surface area contributed by atoms with E-state index in [2.05, 4.69) is 61.1 Å². The summed E-state index contributed by atoms with van der Waals surface area (Å²) < 4.78 is 1.11. The van der Waals surface area contributed by atoms with Gasteiger partial charge in [-0.2, -0.15) is 0 Å². The lowest BCUT2D eigenvalue weighted by Crippen LogP contribution is -2.44. The van der Waals surface area contributed by atoms with Gasteiger partial charge in [-0.1, -0.05) is 46.3 Å². The van der Waals surface area contributed by atoms with Crippen LogP contribution in [-0.2, 0) is 5.41 Å². The van der Waals surface area contributed by atoms with E-state index in [4.69, 9.17) is 0 Å². The van der Waals surface area contributed by atoms with Gasteiger partial charge in [-0.25, -0.2) is 0 Å². The summed E-state index contributed by atoms with van der Waals surface area (Å²) in [7, 11) is 1.76. The monoisotopic (exact) mass is 428 g/mol. The number of benzene rings is 2. The molecule has 27 heavy (non-hydrogen) atoms. The quantitative estimate of drug-likeness (QED) is 0.360. The Labute approximate surface area is 168 Å². The first kappa shape index (κ1) is 19.4. The van der Waals surface area contributed by atoms with Crippen LogP contribution in [0.25, 0.3) is 0 Å². The number of carbonyl (C=O) groups is 1. The predicted molar refractivity (Wildman–Crippen MR) is 113 cm³/mol. The van der Waals surface area contributed by atoms with Gasteiger partial charge in [0.2, 0.25) is 0 Å². The largest absolute Gasteiger partial charge is 0.356 e. The minimum absolute atomic E-state index is 0.0630. The van der Waals surface area contributed by atoms with Crippen LogP contribution in [0.4, 0.5) is 0 Å². The van der Waals surface area contributed by atoms with Gasteiger partial charge in [-0.05, 0) is 42.7 Å². The highest BCUT2D eigenvalue weighted by molar-refractivity contribution is 9.10. The van der Waals surface area contributed by atoms with Gasteiger partial charge in [-0.15, -0.1) is 0 Å². The van der Waals surface area contributed by atoms with Gasteiger partial charge in [0.15, 0.2) is 5.96 Å². The number of halogens is 1. The summed E-state index contributed by atoms with van der Waals surface area (Å²) in [6.07, 6.45) is 2.36. The van der Waals surface area contributed by atoms with Crippen molar-refractivity contribution in [3.05, 3.63) is 70.2 Å². The lowest BCUT2D eigenvalue weighted by atomic mass is 9.96. The van der Waals surface area contributed by atoms with Crippen LogP contribution in [0, 0.1) is 0 Å². The zero-order valence-corrected chi connectivity index (χ0v) is 17.1. The molecular weight excluding hydrogens is 404 g/mol. The molecule has 1 aliphatic rings. The summed E-state index contributed by atoms with van der Waals surface area (Å²) in [5, 5.41) is 9.58.